The summed E-state index contributed by atoms with van der Waals surface area (Å²) in [4.78, 5) is 25.5. The van der Waals surface area contributed by atoms with Gasteiger partial charge in [0.05, 0.1) is 0 Å². The van der Waals surface area contributed by atoms with Crippen LogP contribution in [0.1, 0.15) is 26.6 Å². The van der Waals surface area contributed by atoms with Gasteiger partial charge in [-0.3, -0.25) is 0 Å². The highest BCUT2D eigenvalue weighted by Gasteiger charge is 2.25. The number of hydrogen-bond donors (Lipinski definition) is 2. The fourth-order valence-electron chi connectivity index (χ4n) is 1.59. The van der Waals surface area contributed by atoms with Crippen LogP contribution in [0.15, 0.2) is 27.1 Å². The molecule has 1 aromatic carbocycles. The van der Waals surface area contributed by atoms with Gasteiger partial charge in [0.2, 0.25) is 17.3 Å². The van der Waals surface area contributed by atoms with E-state index in [4.69, 9.17) is 14.6 Å². The van der Waals surface area contributed by atoms with Crippen LogP contribution in [0.2, 0.25) is 0 Å². The van der Waals surface area contributed by atoms with E-state index in [2.05, 4.69) is 20.9 Å². The van der Waals surface area contributed by atoms with Gasteiger partial charge in [-0.25, -0.2) is 14.6 Å². The highest BCUT2D eigenvalue weighted by atomic mass is 79.9. The number of oxazole rings is 1. The molecule has 0 atom stereocenters. The first-order valence-corrected chi connectivity index (χ1v) is 5.92. The van der Waals surface area contributed by atoms with Gasteiger partial charge in [-0.15, -0.1) is 0 Å². The predicted molar refractivity (Wildman–Crippen MR) is 68.3 cm³/mol. The molecule has 7 heteroatoms. The lowest BCUT2D eigenvalue weighted by Gasteiger charge is -1.99. The van der Waals surface area contributed by atoms with E-state index >= 15 is 0 Å². The summed E-state index contributed by atoms with van der Waals surface area (Å²) in [6.45, 7) is 1.84. The first-order valence-electron chi connectivity index (χ1n) is 5.13. The van der Waals surface area contributed by atoms with Crippen LogP contribution in [-0.2, 0) is 0 Å². The molecule has 0 saturated carbocycles. The first-order chi connectivity index (χ1) is 8.88. The van der Waals surface area contributed by atoms with Gasteiger partial charge < -0.3 is 14.6 Å². The number of carboxylic acids is 2. The summed E-state index contributed by atoms with van der Waals surface area (Å²) >= 11 is 3.29. The molecule has 2 rings (SSSR count). The summed E-state index contributed by atoms with van der Waals surface area (Å²) in [5, 5.41) is 17.8. The molecule has 0 amide bonds. The molecule has 0 spiro atoms. The van der Waals surface area contributed by atoms with Crippen LogP contribution in [0.5, 0.6) is 0 Å². The number of hydrogen-bond acceptors (Lipinski definition) is 4. The average Bonchev–Trinajstić information content (AvgIpc) is 2.72. The Labute approximate surface area is 115 Å². The van der Waals surface area contributed by atoms with E-state index < -0.39 is 23.4 Å². The standard InChI is InChI=1S/C12H8BrNO5/c1-5-2-6(4-7(13)3-5)10-14-8(11(15)16)9(19-10)12(17)18/h2-4H,1H3,(H,15,16)(H,17,18). The summed E-state index contributed by atoms with van der Waals surface area (Å²) in [7, 11) is 0. The van der Waals surface area contributed by atoms with Crippen molar-refractivity contribution >= 4 is 27.9 Å². The minimum Gasteiger partial charge on any atom is -0.476 e. The first kappa shape index (κ1) is 13.3. The van der Waals surface area contributed by atoms with Gasteiger partial charge in [0, 0.05) is 10.0 Å². The molecule has 2 aromatic rings. The predicted octanol–water partition coefficient (Wildman–Crippen LogP) is 2.81. The number of rotatable bonds is 3. The van der Waals surface area contributed by atoms with Crippen molar-refractivity contribution in [1.29, 1.82) is 0 Å². The highest BCUT2D eigenvalue weighted by molar-refractivity contribution is 9.10. The fraction of sp³-hybridized carbons (Fsp3) is 0.0833. The van der Waals surface area contributed by atoms with Crippen molar-refractivity contribution in [2.45, 2.75) is 6.92 Å². The number of aryl methyl sites for hydroxylation is 1. The SMILES string of the molecule is Cc1cc(Br)cc(-c2nc(C(=O)O)c(C(=O)O)o2)c1. The maximum atomic E-state index is 10.9. The summed E-state index contributed by atoms with van der Waals surface area (Å²) in [6, 6.07) is 5.23. The zero-order valence-corrected chi connectivity index (χ0v) is 11.3. The largest absolute Gasteiger partial charge is 0.476 e. The Morgan fingerprint density at radius 2 is 1.89 bits per heavy atom. The number of aromatic nitrogens is 1. The smallest absolute Gasteiger partial charge is 0.374 e. The number of benzene rings is 1. The molecular formula is C12H8BrNO5. The van der Waals surface area contributed by atoms with E-state index in [-0.39, 0.29) is 5.89 Å². The van der Waals surface area contributed by atoms with Gasteiger partial charge in [-0.05, 0) is 30.7 Å². The molecule has 0 saturated heterocycles. The number of carbonyl (C=O) groups is 2. The molecule has 0 aliphatic rings. The zero-order chi connectivity index (χ0) is 14.2. The van der Waals surface area contributed by atoms with Gasteiger partial charge in [0.15, 0.2) is 0 Å². The maximum absolute atomic E-state index is 10.9. The fourth-order valence-corrected chi connectivity index (χ4v) is 2.20. The van der Waals surface area contributed by atoms with Crippen molar-refractivity contribution in [1.82, 2.24) is 4.98 Å². The molecule has 0 aliphatic carbocycles. The van der Waals surface area contributed by atoms with Gasteiger partial charge in [0.1, 0.15) is 0 Å². The van der Waals surface area contributed by atoms with E-state index in [1.807, 2.05) is 13.0 Å². The Morgan fingerprint density at radius 1 is 1.21 bits per heavy atom. The van der Waals surface area contributed by atoms with Crippen molar-refractivity contribution in [2.24, 2.45) is 0 Å². The Bertz CT molecular complexity index is 625. The maximum Gasteiger partial charge on any atom is 0.374 e. The molecule has 0 unspecified atom stereocenters. The molecule has 19 heavy (non-hydrogen) atoms. The molecule has 0 bridgehead atoms. The van der Waals surface area contributed by atoms with Crippen LogP contribution < -0.4 is 0 Å². The molecule has 1 heterocycles. The molecular weight excluding hydrogens is 318 g/mol. The Hall–Kier alpha value is -2.15. The van der Waals surface area contributed by atoms with Crippen LogP contribution in [-0.4, -0.2) is 27.1 Å². The van der Waals surface area contributed by atoms with Crippen molar-refractivity contribution in [3.8, 4) is 11.5 Å². The monoisotopic (exact) mass is 325 g/mol. The summed E-state index contributed by atoms with van der Waals surface area (Å²) in [6.07, 6.45) is 0. The van der Waals surface area contributed by atoms with E-state index in [9.17, 15) is 9.59 Å². The Morgan fingerprint density at radius 3 is 2.37 bits per heavy atom. The van der Waals surface area contributed by atoms with Crippen molar-refractivity contribution in [3.63, 3.8) is 0 Å². The molecule has 0 fully saturated rings. The normalized spacial score (nSPS) is 10.4. The molecule has 0 radical (unpaired) electrons. The third kappa shape index (κ3) is 2.65. The van der Waals surface area contributed by atoms with E-state index in [1.165, 1.54) is 0 Å². The highest BCUT2D eigenvalue weighted by Crippen LogP contribution is 2.26. The van der Waals surface area contributed by atoms with Crippen molar-refractivity contribution < 1.29 is 24.2 Å². The third-order valence-corrected chi connectivity index (χ3v) is 2.77. The van der Waals surface area contributed by atoms with E-state index in [1.54, 1.807) is 12.1 Å². The average molecular weight is 326 g/mol. The quantitative estimate of drug-likeness (QED) is 0.899. The lowest BCUT2D eigenvalue weighted by molar-refractivity contribution is 0.0624. The topological polar surface area (TPSA) is 101 Å². The van der Waals surface area contributed by atoms with Crippen LogP contribution in [0.4, 0.5) is 0 Å². The molecule has 98 valence electrons. The Balaban J connectivity index is 2.60. The van der Waals surface area contributed by atoms with Crippen molar-refractivity contribution in [3.05, 3.63) is 39.7 Å². The third-order valence-electron chi connectivity index (χ3n) is 2.31. The van der Waals surface area contributed by atoms with E-state index in [0.29, 0.717) is 5.56 Å². The van der Waals surface area contributed by atoms with Crippen molar-refractivity contribution in [2.75, 3.05) is 0 Å². The number of nitrogens with zero attached hydrogens (tertiary/aromatic N) is 1. The van der Waals surface area contributed by atoms with Gasteiger partial charge in [0.25, 0.3) is 0 Å². The Kier molecular flexibility index (Phi) is 3.39. The van der Waals surface area contributed by atoms with Crippen LogP contribution in [0.3, 0.4) is 0 Å². The lowest BCUT2D eigenvalue weighted by Crippen LogP contribution is -2.05. The van der Waals surface area contributed by atoms with E-state index in [0.717, 1.165) is 10.0 Å². The lowest BCUT2D eigenvalue weighted by atomic mass is 10.1. The minimum atomic E-state index is -1.47. The van der Waals surface area contributed by atoms with Gasteiger partial charge in [-0.1, -0.05) is 15.9 Å². The van der Waals surface area contributed by atoms with Gasteiger partial charge in [-0.2, -0.15) is 0 Å². The second-order valence-electron chi connectivity index (χ2n) is 3.82. The molecule has 1 aromatic heterocycles. The summed E-state index contributed by atoms with van der Waals surface area (Å²) < 4.78 is 5.78. The minimum absolute atomic E-state index is 0.0424. The van der Waals surface area contributed by atoms with Crippen LogP contribution >= 0.6 is 15.9 Å². The molecule has 2 N–H and O–H groups in total. The summed E-state index contributed by atoms with van der Waals surface area (Å²) in [5.41, 5.74) is 0.790. The second-order valence-corrected chi connectivity index (χ2v) is 4.74. The molecule has 6 nitrogen and oxygen atoms in total. The van der Waals surface area contributed by atoms with Crippen LogP contribution in [0.25, 0.3) is 11.5 Å². The summed E-state index contributed by atoms with van der Waals surface area (Å²) in [5.74, 6) is -3.64. The molecule has 0 aliphatic heterocycles. The number of carboxylic acid groups (broad SMARTS) is 2. The number of aromatic carboxylic acids is 2. The van der Waals surface area contributed by atoms with Gasteiger partial charge >= 0.3 is 11.9 Å². The second kappa shape index (κ2) is 4.85. The number of halogens is 1. The van der Waals surface area contributed by atoms with Crippen LogP contribution in [0, 0.1) is 6.92 Å². The zero-order valence-electron chi connectivity index (χ0n) is 9.68.